The van der Waals surface area contributed by atoms with E-state index in [2.05, 4.69) is 56.7 Å². The van der Waals surface area contributed by atoms with E-state index >= 15 is 0 Å². The second-order valence-electron chi connectivity index (χ2n) is 5.88. The predicted octanol–water partition coefficient (Wildman–Crippen LogP) is 4.58. The van der Waals surface area contributed by atoms with Crippen molar-refractivity contribution in [3.05, 3.63) is 77.4 Å². The smallest absolute Gasteiger partial charge is 0.149 e. The van der Waals surface area contributed by atoms with Crippen LogP contribution in [0.25, 0.3) is 22.0 Å². The van der Waals surface area contributed by atoms with Gasteiger partial charge in [0.2, 0.25) is 0 Å². The van der Waals surface area contributed by atoms with Crippen molar-refractivity contribution in [2.24, 2.45) is 0 Å². The molecule has 1 N–H and O–H groups in total. The number of nitrogens with one attached hydrogen (secondary N) is 1. The molecule has 6 heteroatoms. The molecule has 3 heterocycles. The first-order chi connectivity index (χ1) is 12.8. The van der Waals surface area contributed by atoms with Crippen LogP contribution < -0.4 is 5.32 Å². The zero-order chi connectivity index (χ0) is 17.8. The Morgan fingerprint density at radius 2 is 1.81 bits per heavy atom. The number of anilines is 1. The lowest BCUT2D eigenvalue weighted by atomic mass is 10.1. The highest BCUT2D eigenvalue weighted by atomic mass is 32.1. The molecule has 26 heavy (non-hydrogen) atoms. The Labute approximate surface area is 155 Å². The summed E-state index contributed by atoms with van der Waals surface area (Å²) in [5.74, 6) is 0.730. The molecule has 0 spiro atoms. The van der Waals surface area contributed by atoms with Crippen molar-refractivity contribution < 1.29 is 0 Å². The number of thiazole rings is 1. The first-order valence-corrected chi connectivity index (χ1v) is 9.16. The Bertz CT molecular complexity index is 979. The summed E-state index contributed by atoms with van der Waals surface area (Å²) in [4.78, 5) is 8.94. The molecule has 0 aliphatic rings. The third-order valence-electron chi connectivity index (χ3n) is 3.90. The second kappa shape index (κ2) is 7.41. The van der Waals surface area contributed by atoms with E-state index in [0.29, 0.717) is 6.54 Å². The van der Waals surface area contributed by atoms with Crippen LogP contribution in [0.2, 0.25) is 0 Å². The lowest BCUT2D eigenvalue weighted by molar-refractivity contribution is 0.989. The number of nitrogens with zero attached hydrogens (tertiary/aromatic N) is 4. The molecule has 4 aromatic rings. The van der Waals surface area contributed by atoms with Crippen LogP contribution in [0.4, 0.5) is 5.82 Å². The van der Waals surface area contributed by atoms with Gasteiger partial charge in [0.1, 0.15) is 10.8 Å². The molecule has 0 unspecified atom stereocenters. The molecule has 0 fully saturated rings. The molecule has 0 atom stereocenters. The highest BCUT2D eigenvalue weighted by Crippen LogP contribution is 2.22. The van der Waals surface area contributed by atoms with Crippen LogP contribution >= 0.6 is 11.3 Å². The lowest BCUT2D eigenvalue weighted by Crippen LogP contribution is -2.03. The Kier molecular flexibility index (Phi) is 4.66. The normalized spacial score (nSPS) is 10.7. The molecule has 5 nitrogen and oxygen atoms in total. The Morgan fingerprint density at radius 3 is 2.54 bits per heavy atom. The summed E-state index contributed by atoms with van der Waals surface area (Å²) < 4.78 is 0. The molecule has 0 aliphatic carbocycles. The van der Waals surface area contributed by atoms with Gasteiger partial charge in [0, 0.05) is 17.1 Å². The zero-order valence-electron chi connectivity index (χ0n) is 14.3. The van der Waals surface area contributed by atoms with E-state index in [1.807, 2.05) is 35.7 Å². The van der Waals surface area contributed by atoms with E-state index in [1.165, 1.54) is 5.56 Å². The first-order valence-electron chi connectivity index (χ1n) is 8.28. The van der Waals surface area contributed by atoms with Gasteiger partial charge < -0.3 is 5.32 Å². The summed E-state index contributed by atoms with van der Waals surface area (Å²) >= 11 is 1.59. The van der Waals surface area contributed by atoms with E-state index < -0.39 is 0 Å². The summed E-state index contributed by atoms with van der Waals surface area (Å²) in [5.41, 5.74) is 5.01. The van der Waals surface area contributed by atoms with Gasteiger partial charge in [-0.3, -0.25) is 4.98 Å². The van der Waals surface area contributed by atoms with Gasteiger partial charge in [-0.2, -0.15) is 0 Å². The van der Waals surface area contributed by atoms with E-state index in [9.17, 15) is 0 Å². The molecule has 0 aliphatic heterocycles. The first kappa shape index (κ1) is 16.4. The number of pyridine rings is 1. The average Bonchev–Trinajstić information content (AvgIpc) is 3.17. The molecule has 3 aromatic heterocycles. The number of hydrogen-bond donors (Lipinski definition) is 1. The molecule has 1 aromatic carbocycles. The molecule has 0 bridgehead atoms. The van der Waals surface area contributed by atoms with Crippen molar-refractivity contribution in [3.8, 4) is 22.0 Å². The summed E-state index contributed by atoms with van der Waals surface area (Å²) in [6, 6.07) is 18.0. The maximum atomic E-state index is 4.61. The van der Waals surface area contributed by atoms with Gasteiger partial charge in [0.15, 0.2) is 0 Å². The van der Waals surface area contributed by atoms with Crippen molar-refractivity contribution in [2.45, 2.75) is 13.5 Å². The molecule has 128 valence electrons. The van der Waals surface area contributed by atoms with Crippen LogP contribution in [0.3, 0.4) is 0 Å². The minimum atomic E-state index is 0.599. The van der Waals surface area contributed by atoms with Gasteiger partial charge >= 0.3 is 0 Å². The standard InChI is InChI=1S/C20H17N5S/c1-14-5-7-15(8-6-14)17-9-10-19(25-24-17)22-12-16-13-26-20(23-16)18-4-2-3-11-21-18/h2-11,13H,12H2,1H3,(H,22,25). The number of aromatic nitrogens is 4. The van der Waals surface area contributed by atoms with Crippen LogP contribution in [-0.4, -0.2) is 20.2 Å². The van der Waals surface area contributed by atoms with Gasteiger partial charge in [0.25, 0.3) is 0 Å². The van der Waals surface area contributed by atoms with Gasteiger partial charge in [-0.15, -0.1) is 21.5 Å². The van der Waals surface area contributed by atoms with Gasteiger partial charge in [-0.1, -0.05) is 35.9 Å². The molecular weight excluding hydrogens is 342 g/mol. The predicted molar refractivity (Wildman–Crippen MR) is 105 cm³/mol. The van der Waals surface area contributed by atoms with Crippen molar-refractivity contribution in [2.75, 3.05) is 5.32 Å². The van der Waals surface area contributed by atoms with Gasteiger partial charge in [-0.05, 0) is 31.2 Å². The summed E-state index contributed by atoms with van der Waals surface area (Å²) in [5, 5.41) is 14.8. The lowest BCUT2D eigenvalue weighted by Gasteiger charge is -2.04. The highest BCUT2D eigenvalue weighted by Gasteiger charge is 2.06. The zero-order valence-corrected chi connectivity index (χ0v) is 15.1. The molecule has 0 radical (unpaired) electrons. The van der Waals surface area contributed by atoms with E-state index in [-0.39, 0.29) is 0 Å². The summed E-state index contributed by atoms with van der Waals surface area (Å²) in [7, 11) is 0. The molecular formula is C20H17N5S. The van der Waals surface area contributed by atoms with Crippen LogP contribution in [0, 0.1) is 6.92 Å². The van der Waals surface area contributed by atoms with Crippen LogP contribution in [0.5, 0.6) is 0 Å². The van der Waals surface area contributed by atoms with Crippen molar-refractivity contribution >= 4 is 17.2 Å². The Hall–Kier alpha value is -3.12. The number of aryl methyl sites for hydroxylation is 1. The highest BCUT2D eigenvalue weighted by molar-refractivity contribution is 7.13. The van der Waals surface area contributed by atoms with Gasteiger partial charge in [-0.25, -0.2) is 4.98 Å². The number of benzene rings is 1. The SMILES string of the molecule is Cc1ccc(-c2ccc(NCc3csc(-c4ccccn4)n3)nn2)cc1. The maximum absolute atomic E-state index is 4.61. The molecule has 0 saturated carbocycles. The van der Waals surface area contributed by atoms with E-state index in [1.54, 1.807) is 17.5 Å². The third kappa shape index (κ3) is 3.75. The van der Waals surface area contributed by atoms with Crippen molar-refractivity contribution in [1.82, 2.24) is 20.2 Å². The fourth-order valence-corrected chi connectivity index (χ4v) is 3.28. The minimum absolute atomic E-state index is 0.599. The van der Waals surface area contributed by atoms with Crippen molar-refractivity contribution in [1.29, 1.82) is 0 Å². The fraction of sp³-hybridized carbons (Fsp3) is 0.100. The Balaban J connectivity index is 1.41. The quantitative estimate of drug-likeness (QED) is 0.565. The fourth-order valence-electron chi connectivity index (χ4n) is 2.48. The largest absolute Gasteiger partial charge is 0.363 e. The Morgan fingerprint density at radius 1 is 0.923 bits per heavy atom. The molecule has 0 saturated heterocycles. The monoisotopic (exact) mass is 359 g/mol. The van der Waals surface area contributed by atoms with E-state index in [0.717, 1.165) is 33.5 Å². The van der Waals surface area contributed by atoms with Gasteiger partial charge in [0.05, 0.1) is 23.6 Å². The van der Waals surface area contributed by atoms with Crippen molar-refractivity contribution in [3.63, 3.8) is 0 Å². The number of rotatable bonds is 5. The van der Waals surface area contributed by atoms with Crippen LogP contribution in [0.15, 0.2) is 66.2 Å². The molecule has 0 amide bonds. The van der Waals surface area contributed by atoms with Crippen LogP contribution in [-0.2, 0) is 6.54 Å². The molecule has 4 rings (SSSR count). The average molecular weight is 359 g/mol. The topological polar surface area (TPSA) is 63.6 Å². The van der Waals surface area contributed by atoms with E-state index in [4.69, 9.17) is 0 Å². The summed E-state index contributed by atoms with van der Waals surface area (Å²) in [6.07, 6.45) is 1.78. The second-order valence-corrected chi connectivity index (χ2v) is 6.74. The van der Waals surface area contributed by atoms with Crippen LogP contribution in [0.1, 0.15) is 11.3 Å². The summed E-state index contributed by atoms with van der Waals surface area (Å²) in [6.45, 7) is 2.67. The number of hydrogen-bond acceptors (Lipinski definition) is 6. The minimum Gasteiger partial charge on any atom is -0.363 e. The maximum Gasteiger partial charge on any atom is 0.149 e. The third-order valence-corrected chi connectivity index (χ3v) is 4.81.